The Morgan fingerprint density at radius 3 is 2.67 bits per heavy atom. The molecule has 4 nitrogen and oxygen atoms in total. The van der Waals surface area contributed by atoms with Crippen LogP contribution in [-0.2, 0) is 0 Å². The zero-order valence-corrected chi connectivity index (χ0v) is 8.71. The first-order valence-electron chi connectivity index (χ1n) is 4.34. The molecule has 0 fully saturated rings. The van der Waals surface area contributed by atoms with E-state index in [4.69, 9.17) is 16.9 Å². The molecule has 1 aromatic heterocycles. The summed E-state index contributed by atoms with van der Waals surface area (Å²) in [6.45, 7) is 0. The van der Waals surface area contributed by atoms with Crippen molar-refractivity contribution in [2.24, 2.45) is 16.5 Å². The van der Waals surface area contributed by atoms with Gasteiger partial charge in [-0.2, -0.15) is 4.99 Å². The van der Waals surface area contributed by atoms with Crippen LogP contribution < -0.4 is 11.5 Å². The third-order valence-electron chi connectivity index (χ3n) is 1.92. The Balaban J connectivity index is 2.49. The molecular formula is C10H10N4S. The standard InChI is InChI=1S/C10H10N4S/c11-9(14-10(12)13)8-5-6-3-1-2-4-7(6)15-8/h1-5H,(H5,11,12,13,14). The third kappa shape index (κ3) is 1.97. The second-order valence-corrected chi connectivity index (χ2v) is 4.11. The molecular weight excluding hydrogens is 208 g/mol. The highest BCUT2D eigenvalue weighted by Crippen LogP contribution is 2.24. The fourth-order valence-electron chi connectivity index (χ4n) is 1.29. The number of nitrogens with zero attached hydrogens (tertiary/aromatic N) is 1. The van der Waals surface area contributed by atoms with Gasteiger partial charge in [-0.15, -0.1) is 11.3 Å². The van der Waals surface area contributed by atoms with Crippen molar-refractivity contribution in [1.82, 2.24) is 0 Å². The maximum Gasteiger partial charge on any atom is 0.214 e. The second-order valence-electron chi connectivity index (χ2n) is 3.03. The predicted octanol–water partition coefficient (Wildman–Crippen LogP) is 1.50. The molecule has 0 spiro atoms. The molecule has 0 aliphatic rings. The first-order valence-corrected chi connectivity index (χ1v) is 5.15. The van der Waals surface area contributed by atoms with Crippen LogP contribution in [0, 0.1) is 5.41 Å². The highest BCUT2D eigenvalue weighted by Gasteiger charge is 2.04. The first-order chi connectivity index (χ1) is 7.16. The maximum atomic E-state index is 7.02. The van der Waals surface area contributed by atoms with E-state index in [1.54, 1.807) is 0 Å². The molecule has 0 bridgehead atoms. The van der Waals surface area contributed by atoms with Crippen LogP contribution in [0.1, 0.15) is 4.88 Å². The number of hydrogen-bond acceptors (Lipinski definition) is 2. The van der Waals surface area contributed by atoms with E-state index in [0.717, 1.165) is 15.0 Å². The monoisotopic (exact) mass is 218 g/mol. The van der Waals surface area contributed by atoms with Gasteiger partial charge in [0, 0.05) is 4.70 Å². The fourth-order valence-corrected chi connectivity index (χ4v) is 2.26. The van der Waals surface area contributed by atoms with Crippen molar-refractivity contribution in [3.8, 4) is 0 Å². The van der Waals surface area contributed by atoms with Crippen molar-refractivity contribution in [2.75, 3.05) is 0 Å². The Morgan fingerprint density at radius 2 is 2.00 bits per heavy atom. The average Bonchev–Trinajstić information content (AvgIpc) is 2.59. The number of thiophene rings is 1. The molecule has 5 heteroatoms. The number of hydrogen-bond donors (Lipinski definition) is 3. The highest BCUT2D eigenvalue weighted by molar-refractivity contribution is 7.20. The Labute approximate surface area is 90.7 Å². The second kappa shape index (κ2) is 3.70. The number of nitrogens with one attached hydrogen (secondary N) is 1. The number of guanidine groups is 1. The van der Waals surface area contributed by atoms with E-state index in [-0.39, 0.29) is 5.96 Å². The molecule has 0 amide bonds. The third-order valence-corrected chi connectivity index (χ3v) is 3.06. The Bertz CT molecular complexity index is 508. The number of fused-ring (bicyclic) bond motifs is 1. The van der Waals surface area contributed by atoms with Crippen LogP contribution in [0.4, 0.5) is 0 Å². The number of aliphatic imine (C=N–C) groups is 1. The molecule has 1 heterocycles. The zero-order valence-electron chi connectivity index (χ0n) is 7.90. The Hall–Kier alpha value is -1.88. The quantitative estimate of drug-likeness (QED) is 0.500. The number of rotatable bonds is 1. The lowest BCUT2D eigenvalue weighted by Crippen LogP contribution is -2.17. The molecule has 2 aromatic rings. The smallest absolute Gasteiger partial charge is 0.214 e. The maximum absolute atomic E-state index is 7.02. The summed E-state index contributed by atoms with van der Waals surface area (Å²) in [5.74, 6) is 0.0219. The van der Waals surface area contributed by atoms with Crippen LogP contribution in [0.5, 0.6) is 0 Å². The minimum atomic E-state index is -0.273. The molecule has 5 N–H and O–H groups in total. The number of nitrogens with two attached hydrogens (primary N) is 2. The lowest BCUT2D eigenvalue weighted by atomic mass is 10.2. The van der Waals surface area contributed by atoms with E-state index >= 15 is 0 Å². The Kier molecular flexibility index (Phi) is 2.39. The average molecular weight is 218 g/mol. The van der Waals surface area contributed by atoms with Crippen LogP contribution in [-0.4, -0.2) is 11.8 Å². The molecule has 1 aromatic carbocycles. The van der Waals surface area contributed by atoms with Gasteiger partial charge in [0.05, 0.1) is 4.88 Å². The van der Waals surface area contributed by atoms with Crippen molar-refractivity contribution in [3.05, 3.63) is 35.2 Å². The molecule has 0 aliphatic heterocycles. The number of amidine groups is 1. The summed E-state index contributed by atoms with van der Waals surface area (Å²) >= 11 is 1.54. The van der Waals surface area contributed by atoms with Gasteiger partial charge in [0.15, 0.2) is 0 Å². The summed E-state index contributed by atoms with van der Waals surface area (Å²) in [7, 11) is 0. The minimum absolute atomic E-state index is 0.273. The van der Waals surface area contributed by atoms with Crippen molar-refractivity contribution in [3.63, 3.8) is 0 Å². The van der Waals surface area contributed by atoms with Crippen molar-refractivity contribution >= 4 is 33.2 Å². The summed E-state index contributed by atoms with van der Waals surface area (Å²) in [4.78, 5) is 4.55. The van der Waals surface area contributed by atoms with E-state index in [1.807, 2.05) is 30.3 Å². The van der Waals surface area contributed by atoms with Gasteiger partial charge in [0.25, 0.3) is 0 Å². The fraction of sp³-hybridized carbons (Fsp3) is 0. The minimum Gasteiger partial charge on any atom is -0.382 e. The predicted molar refractivity (Wildman–Crippen MR) is 64.5 cm³/mol. The molecule has 2 rings (SSSR count). The van der Waals surface area contributed by atoms with Gasteiger partial charge < -0.3 is 11.5 Å². The van der Waals surface area contributed by atoms with E-state index in [0.29, 0.717) is 5.84 Å². The summed E-state index contributed by atoms with van der Waals surface area (Å²) in [6, 6.07) is 9.92. The highest BCUT2D eigenvalue weighted by atomic mass is 32.1. The van der Waals surface area contributed by atoms with Crippen LogP contribution in [0.3, 0.4) is 0 Å². The van der Waals surface area contributed by atoms with Gasteiger partial charge in [-0.1, -0.05) is 18.2 Å². The van der Waals surface area contributed by atoms with E-state index in [2.05, 4.69) is 4.99 Å². The van der Waals surface area contributed by atoms with Crippen LogP contribution >= 0.6 is 11.3 Å². The van der Waals surface area contributed by atoms with E-state index in [9.17, 15) is 0 Å². The van der Waals surface area contributed by atoms with Gasteiger partial charge in [-0.3, -0.25) is 5.41 Å². The molecule has 0 saturated heterocycles. The molecule has 15 heavy (non-hydrogen) atoms. The molecule has 76 valence electrons. The summed E-state index contributed by atoms with van der Waals surface area (Å²) < 4.78 is 1.15. The summed E-state index contributed by atoms with van der Waals surface area (Å²) in [5.41, 5.74) is 10.8. The topological polar surface area (TPSA) is 88.2 Å². The lowest BCUT2D eigenvalue weighted by Gasteiger charge is -1.93. The molecule has 0 radical (unpaired) electrons. The zero-order chi connectivity index (χ0) is 10.8. The van der Waals surface area contributed by atoms with Crippen LogP contribution in [0.15, 0.2) is 35.3 Å². The van der Waals surface area contributed by atoms with Crippen LogP contribution in [0.25, 0.3) is 10.1 Å². The molecule has 0 unspecified atom stereocenters. The SMILES string of the molecule is N=C(N)/N=C(\N)c1cc2ccccc2s1. The van der Waals surface area contributed by atoms with E-state index in [1.165, 1.54) is 11.3 Å². The van der Waals surface area contributed by atoms with Crippen molar-refractivity contribution < 1.29 is 0 Å². The summed E-state index contributed by atoms with van der Waals surface area (Å²) in [5, 5.41) is 8.15. The molecule has 0 aliphatic carbocycles. The van der Waals surface area contributed by atoms with Gasteiger partial charge in [-0.25, -0.2) is 0 Å². The number of benzene rings is 1. The van der Waals surface area contributed by atoms with Gasteiger partial charge >= 0.3 is 0 Å². The largest absolute Gasteiger partial charge is 0.382 e. The van der Waals surface area contributed by atoms with E-state index < -0.39 is 0 Å². The Morgan fingerprint density at radius 1 is 1.27 bits per heavy atom. The molecule has 0 saturated carbocycles. The first kappa shape index (κ1) is 9.67. The van der Waals surface area contributed by atoms with Gasteiger partial charge in [-0.05, 0) is 17.5 Å². The van der Waals surface area contributed by atoms with Gasteiger partial charge in [0.2, 0.25) is 5.96 Å². The normalized spacial score (nSPS) is 11.9. The molecule has 0 atom stereocenters. The summed E-state index contributed by atoms with van der Waals surface area (Å²) in [6.07, 6.45) is 0. The lowest BCUT2D eigenvalue weighted by molar-refractivity contribution is 1.37. The van der Waals surface area contributed by atoms with Crippen LogP contribution in [0.2, 0.25) is 0 Å². The van der Waals surface area contributed by atoms with Gasteiger partial charge in [0.1, 0.15) is 5.84 Å². The van der Waals surface area contributed by atoms with Crippen molar-refractivity contribution in [2.45, 2.75) is 0 Å². The van der Waals surface area contributed by atoms with Crippen molar-refractivity contribution in [1.29, 1.82) is 5.41 Å².